The van der Waals surface area contributed by atoms with Gasteiger partial charge in [0, 0.05) is 38.1 Å². The summed E-state index contributed by atoms with van der Waals surface area (Å²) in [6.07, 6.45) is 3.21. The summed E-state index contributed by atoms with van der Waals surface area (Å²) in [6, 6.07) is 3.39. The van der Waals surface area contributed by atoms with Crippen LogP contribution < -0.4 is 5.32 Å². The highest BCUT2D eigenvalue weighted by Crippen LogP contribution is 2.30. The van der Waals surface area contributed by atoms with Gasteiger partial charge in [0.05, 0.1) is 12.1 Å². The van der Waals surface area contributed by atoms with Crippen LogP contribution in [0.3, 0.4) is 0 Å². The standard InChI is InChI=1S/C12H18N4O/c13-6-9-1-2-10(5-9)15-3-4-16-11(8-15)7-14-12(16)17/h9-11H,1-5,7-8H2,(H,14,17)/t9-,10-,11+/m1/s1. The van der Waals surface area contributed by atoms with Crippen molar-refractivity contribution in [3.8, 4) is 6.07 Å². The maximum atomic E-state index is 11.5. The number of carbonyl (C=O) groups excluding carboxylic acids is 1. The first-order valence-corrected chi connectivity index (χ1v) is 6.46. The molecule has 2 heterocycles. The van der Waals surface area contributed by atoms with Gasteiger partial charge < -0.3 is 10.2 Å². The van der Waals surface area contributed by atoms with Crippen LogP contribution in [0.15, 0.2) is 0 Å². The van der Waals surface area contributed by atoms with Crippen LogP contribution in [0, 0.1) is 17.2 Å². The van der Waals surface area contributed by atoms with Gasteiger partial charge in [0.15, 0.2) is 0 Å². The Kier molecular flexibility index (Phi) is 2.67. The van der Waals surface area contributed by atoms with Crippen molar-refractivity contribution in [1.29, 1.82) is 5.26 Å². The van der Waals surface area contributed by atoms with Gasteiger partial charge in [-0.2, -0.15) is 5.26 Å². The van der Waals surface area contributed by atoms with E-state index in [-0.39, 0.29) is 11.9 Å². The Hall–Kier alpha value is -1.28. The number of amides is 2. The Balaban J connectivity index is 1.61. The van der Waals surface area contributed by atoms with Crippen molar-refractivity contribution in [3.63, 3.8) is 0 Å². The van der Waals surface area contributed by atoms with Crippen molar-refractivity contribution in [2.75, 3.05) is 26.2 Å². The van der Waals surface area contributed by atoms with E-state index in [0.717, 1.165) is 45.4 Å². The van der Waals surface area contributed by atoms with E-state index in [1.807, 2.05) is 4.90 Å². The van der Waals surface area contributed by atoms with E-state index in [9.17, 15) is 4.79 Å². The molecule has 0 radical (unpaired) electrons. The minimum absolute atomic E-state index is 0.0935. The highest BCUT2D eigenvalue weighted by atomic mass is 16.2. The summed E-state index contributed by atoms with van der Waals surface area (Å²) in [5.41, 5.74) is 0. The summed E-state index contributed by atoms with van der Waals surface area (Å²) in [6.45, 7) is 3.56. The molecule has 0 aromatic carbocycles. The first-order valence-electron chi connectivity index (χ1n) is 6.46. The highest BCUT2D eigenvalue weighted by molar-refractivity contribution is 5.77. The van der Waals surface area contributed by atoms with E-state index in [2.05, 4.69) is 16.3 Å². The molecule has 3 rings (SSSR count). The van der Waals surface area contributed by atoms with Gasteiger partial charge in [0.2, 0.25) is 0 Å². The number of hydrogen-bond acceptors (Lipinski definition) is 3. The van der Waals surface area contributed by atoms with Gasteiger partial charge in [0.1, 0.15) is 0 Å². The van der Waals surface area contributed by atoms with E-state index in [1.54, 1.807) is 0 Å². The number of nitrogens with zero attached hydrogens (tertiary/aromatic N) is 3. The zero-order valence-electron chi connectivity index (χ0n) is 9.93. The normalized spacial score (nSPS) is 37.7. The second-order valence-corrected chi connectivity index (χ2v) is 5.32. The van der Waals surface area contributed by atoms with E-state index < -0.39 is 0 Å². The molecule has 1 N–H and O–H groups in total. The molecule has 17 heavy (non-hydrogen) atoms. The third-order valence-electron chi connectivity index (χ3n) is 4.37. The number of carbonyl (C=O) groups is 1. The van der Waals surface area contributed by atoms with Gasteiger partial charge in [-0.3, -0.25) is 4.90 Å². The van der Waals surface area contributed by atoms with Crippen LogP contribution in [0.4, 0.5) is 4.79 Å². The quantitative estimate of drug-likeness (QED) is 0.714. The van der Waals surface area contributed by atoms with Gasteiger partial charge in [0.25, 0.3) is 0 Å². The van der Waals surface area contributed by atoms with Crippen molar-refractivity contribution in [2.45, 2.75) is 31.3 Å². The minimum atomic E-state index is 0.0935. The predicted octanol–water partition coefficient (Wildman–Crippen LogP) is 0.388. The Labute approximate surface area is 101 Å². The fourth-order valence-corrected chi connectivity index (χ4v) is 3.37. The van der Waals surface area contributed by atoms with Crippen molar-refractivity contribution in [1.82, 2.24) is 15.1 Å². The van der Waals surface area contributed by atoms with Crippen LogP contribution in [0.25, 0.3) is 0 Å². The molecular formula is C12H18N4O. The number of fused-ring (bicyclic) bond motifs is 1. The fourth-order valence-electron chi connectivity index (χ4n) is 3.37. The first-order chi connectivity index (χ1) is 8.28. The molecule has 0 aromatic rings. The minimum Gasteiger partial charge on any atom is -0.336 e. The van der Waals surface area contributed by atoms with Crippen LogP contribution in [0.2, 0.25) is 0 Å². The lowest BCUT2D eigenvalue weighted by Gasteiger charge is -2.39. The lowest BCUT2D eigenvalue weighted by Crippen LogP contribution is -2.54. The Morgan fingerprint density at radius 3 is 2.94 bits per heavy atom. The monoisotopic (exact) mass is 234 g/mol. The van der Waals surface area contributed by atoms with Crippen LogP contribution in [0.1, 0.15) is 19.3 Å². The molecule has 92 valence electrons. The van der Waals surface area contributed by atoms with Crippen molar-refractivity contribution in [2.24, 2.45) is 5.92 Å². The van der Waals surface area contributed by atoms with Gasteiger partial charge in [-0.05, 0) is 19.3 Å². The molecule has 2 aliphatic heterocycles. The Bertz CT molecular complexity index is 364. The largest absolute Gasteiger partial charge is 0.336 e. The molecule has 3 aliphatic rings. The summed E-state index contributed by atoms with van der Waals surface area (Å²) in [7, 11) is 0. The molecule has 5 heteroatoms. The highest BCUT2D eigenvalue weighted by Gasteiger charge is 2.39. The molecule has 5 nitrogen and oxygen atoms in total. The van der Waals surface area contributed by atoms with Gasteiger partial charge in [-0.15, -0.1) is 0 Å². The molecule has 0 aromatic heterocycles. The third-order valence-corrected chi connectivity index (χ3v) is 4.37. The number of piperazine rings is 1. The maximum absolute atomic E-state index is 11.5. The molecular weight excluding hydrogens is 216 g/mol. The van der Waals surface area contributed by atoms with Crippen LogP contribution in [-0.2, 0) is 0 Å². The van der Waals surface area contributed by atoms with E-state index >= 15 is 0 Å². The topological polar surface area (TPSA) is 59.4 Å². The molecule has 0 unspecified atom stereocenters. The molecule has 1 aliphatic carbocycles. The number of rotatable bonds is 1. The Morgan fingerprint density at radius 1 is 1.29 bits per heavy atom. The number of hydrogen-bond donors (Lipinski definition) is 1. The van der Waals surface area contributed by atoms with Gasteiger partial charge >= 0.3 is 6.03 Å². The van der Waals surface area contributed by atoms with E-state index in [4.69, 9.17) is 5.26 Å². The van der Waals surface area contributed by atoms with Crippen molar-refractivity contribution in [3.05, 3.63) is 0 Å². The molecule has 3 atom stereocenters. The Morgan fingerprint density at radius 2 is 2.18 bits per heavy atom. The smallest absolute Gasteiger partial charge is 0.317 e. The average Bonchev–Trinajstić information content (AvgIpc) is 2.96. The van der Waals surface area contributed by atoms with Crippen LogP contribution in [-0.4, -0.2) is 54.1 Å². The molecule has 0 bridgehead atoms. The summed E-state index contributed by atoms with van der Waals surface area (Å²) >= 11 is 0. The van der Waals surface area contributed by atoms with Gasteiger partial charge in [-0.25, -0.2) is 4.79 Å². The summed E-state index contributed by atoms with van der Waals surface area (Å²) in [5.74, 6) is 0.251. The third kappa shape index (κ3) is 1.87. The van der Waals surface area contributed by atoms with Crippen molar-refractivity contribution < 1.29 is 4.79 Å². The zero-order valence-corrected chi connectivity index (χ0v) is 9.93. The zero-order chi connectivity index (χ0) is 11.8. The van der Waals surface area contributed by atoms with E-state index in [0.29, 0.717) is 12.1 Å². The lowest BCUT2D eigenvalue weighted by molar-refractivity contribution is 0.0891. The van der Waals surface area contributed by atoms with Crippen LogP contribution in [0.5, 0.6) is 0 Å². The molecule has 2 saturated heterocycles. The molecule has 1 saturated carbocycles. The molecule has 2 amide bonds. The predicted molar refractivity (Wildman–Crippen MR) is 62.2 cm³/mol. The average molecular weight is 234 g/mol. The second kappa shape index (κ2) is 4.19. The summed E-state index contributed by atoms with van der Waals surface area (Å²) in [5, 5.41) is 11.8. The van der Waals surface area contributed by atoms with Crippen LogP contribution >= 0.6 is 0 Å². The summed E-state index contributed by atoms with van der Waals surface area (Å²) in [4.78, 5) is 15.9. The fraction of sp³-hybridized carbons (Fsp3) is 0.833. The number of nitrogens with one attached hydrogen (secondary N) is 1. The van der Waals surface area contributed by atoms with E-state index in [1.165, 1.54) is 0 Å². The first kappa shape index (κ1) is 10.8. The number of nitriles is 1. The molecule has 3 fully saturated rings. The van der Waals surface area contributed by atoms with Gasteiger partial charge in [-0.1, -0.05) is 0 Å². The number of urea groups is 1. The maximum Gasteiger partial charge on any atom is 0.317 e. The van der Waals surface area contributed by atoms with Crippen molar-refractivity contribution >= 4 is 6.03 Å². The summed E-state index contributed by atoms with van der Waals surface area (Å²) < 4.78 is 0. The lowest BCUT2D eigenvalue weighted by atomic mass is 10.1. The molecule has 0 spiro atoms. The second-order valence-electron chi connectivity index (χ2n) is 5.32. The SMILES string of the molecule is N#C[C@@H]1CC[C@@H](N2CCN3C(=O)NC[C@H]3C2)C1.